The molecule has 0 radical (unpaired) electrons. The second-order valence-corrected chi connectivity index (χ2v) is 2.71. The van der Waals surface area contributed by atoms with Crippen molar-refractivity contribution in [2.75, 3.05) is 0 Å². The third-order valence-electron chi connectivity index (χ3n) is 1.59. The number of aromatic carboxylic acids is 1. The molecule has 1 aromatic rings. The molecule has 7 nitrogen and oxygen atoms in total. The second kappa shape index (κ2) is 3.88. The fourth-order valence-corrected chi connectivity index (χ4v) is 0.896. The van der Waals surface area contributed by atoms with E-state index in [-0.39, 0.29) is 12.2 Å². The Balaban J connectivity index is 2.69. The van der Waals surface area contributed by atoms with E-state index in [1.807, 2.05) is 0 Å². The zero-order valence-electron chi connectivity index (χ0n) is 7.10. The van der Waals surface area contributed by atoms with Crippen molar-refractivity contribution in [3.05, 3.63) is 17.7 Å². The van der Waals surface area contributed by atoms with Gasteiger partial charge in [-0.15, -0.1) is 0 Å². The maximum absolute atomic E-state index is 10.4. The van der Waals surface area contributed by atoms with Gasteiger partial charge in [0.25, 0.3) is 0 Å². The van der Waals surface area contributed by atoms with Crippen molar-refractivity contribution in [3.63, 3.8) is 0 Å². The van der Waals surface area contributed by atoms with Crippen molar-refractivity contribution in [2.45, 2.75) is 12.5 Å². The molecule has 0 unspecified atom stereocenters. The highest BCUT2D eigenvalue weighted by molar-refractivity contribution is 5.83. The van der Waals surface area contributed by atoms with Crippen LogP contribution in [0.5, 0.6) is 0 Å². The molecule has 76 valence electrons. The summed E-state index contributed by atoms with van der Waals surface area (Å²) in [5.41, 5.74) is 5.63. The second-order valence-electron chi connectivity index (χ2n) is 2.71. The van der Waals surface area contributed by atoms with E-state index in [1.165, 1.54) is 6.20 Å². The van der Waals surface area contributed by atoms with Crippen LogP contribution in [-0.4, -0.2) is 38.2 Å². The molecule has 14 heavy (non-hydrogen) atoms. The van der Waals surface area contributed by atoms with Crippen molar-refractivity contribution in [2.24, 2.45) is 5.73 Å². The molecule has 1 aromatic heterocycles. The van der Waals surface area contributed by atoms with Gasteiger partial charge in [-0.2, -0.15) is 0 Å². The first kappa shape index (κ1) is 10.2. The van der Waals surface area contributed by atoms with E-state index in [2.05, 4.69) is 9.97 Å². The number of hydrogen-bond acceptors (Lipinski definition) is 4. The average Bonchev–Trinajstić information content (AvgIpc) is 2.52. The van der Waals surface area contributed by atoms with Crippen molar-refractivity contribution >= 4 is 11.9 Å². The van der Waals surface area contributed by atoms with Gasteiger partial charge < -0.3 is 20.9 Å². The SMILES string of the molecule is N[C@@H](Cc1cnc(C(=O)O)[nH]1)C(=O)O. The fraction of sp³-hybridized carbons (Fsp3) is 0.286. The van der Waals surface area contributed by atoms with Crippen molar-refractivity contribution in [1.82, 2.24) is 9.97 Å². The largest absolute Gasteiger partial charge is 0.480 e. The average molecular weight is 199 g/mol. The molecule has 0 aliphatic carbocycles. The van der Waals surface area contributed by atoms with Gasteiger partial charge in [-0.05, 0) is 0 Å². The number of hydrogen-bond donors (Lipinski definition) is 4. The molecule has 0 aromatic carbocycles. The molecule has 1 heterocycles. The molecule has 7 heteroatoms. The van der Waals surface area contributed by atoms with Crippen LogP contribution in [0.25, 0.3) is 0 Å². The van der Waals surface area contributed by atoms with Gasteiger partial charge in [-0.3, -0.25) is 4.79 Å². The fourth-order valence-electron chi connectivity index (χ4n) is 0.896. The number of H-pyrrole nitrogens is 1. The lowest BCUT2D eigenvalue weighted by molar-refractivity contribution is -0.138. The van der Waals surface area contributed by atoms with Crippen molar-refractivity contribution in [3.8, 4) is 0 Å². The van der Waals surface area contributed by atoms with Crippen molar-refractivity contribution < 1.29 is 19.8 Å². The number of aliphatic carboxylic acids is 1. The number of nitrogens with one attached hydrogen (secondary N) is 1. The van der Waals surface area contributed by atoms with Crippen LogP contribution in [0.2, 0.25) is 0 Å². The van der Waals surface area contributed by atoms with Gasteiger partial charge >= 0.3 is 11.9 Å². The minimum Gasteiger partial charge on any atom is -0.480 e. The van der Waals surface area contributed by atoms with E-state index in [9.17, 15) is 9.59 Å². The Kier molecular flexibility index (Phi) is 2.82. The predicted molar refractivity (Wildman–Crippen MR) is 44.9 cm³/mol. The Morgan fingerprint density at radius 2 is 2.21 bits per heavy atom. The summed E-state index contributed by atoms with van der Waals surface area (Å²) in [5.74, 6) is -2.56. The van der Waals surface area contributed by atoms with E-state index in [4.69, 9.17) is 15.9 Å². The number of nitrogens with two attached hydrogens (primary N) is 1. The highest BCUT2D eigenvalue weighted by atomic mass is 16.4. The number of rotatable bonds is 4. The third-order valence-corrected chi connectivity index (χ3v) is 1.59. The van der Waals surface area contributed by atoms with Crippen molar-refractivity contribution in [1.29, 1.82) is 0 Å². The molecule has 0 aliphatic heterocycles. The van der Waals surface area contributed by atoms with Crippen LogP contribution < -0.4 is 5.73 Å². The Morgan fingerprint density at radius 1 is 1.57 bits per heavy atom. The smallest absolute Gasteiger partial charge is 0.371 e. The molecular formula is C7H9N3O4. The standard InChI is InChI=1S/C7H9N3O4/c8-4(6(11)12)1-3-2-9-5(10-3)7(13)14/h2,4H,1,8H2,(H,9,10)(H,11,12)(H,13,14)/t4-/m0/s1. The molecule has 1 atom stereocenters. The van der Waals surface area contributed by atoms with Crippen LogP contribution in [-0.2, 0) is 11.2 Å². The van der Waals surface area contributed by atoms with Crippen LogP contribution in [0.3, 0.4) is 0 Å². The van der Waals surface area contributed by atoms with Crippen LogP contribution in [0.4, 0.5) is 0 Å². The quantitative estimate of drug-likeness (QED) is 0.495. The maximum Gasteiger partial charge on any atom is 0.371 e. The number of carboxylic acid groups (broad SMARTS) is 2. The lowest BCUT2D eigenvalue weighted by Gasteiger charge is -2.02. The molecular weight excluding hydrogens is 190 g/mol. The minimum atomic E-state index is -1.19. The van der Waals surface area contributed by atoms with Gasteiger partial charge in [0, 0.05) is 18.3 Å². The Labute approximate surface area is 78.6 Å². The molecule has 0 spiro atoms. The lowest BCUT2D eigenvalue weighted by atomic mass is 10.2. The van der Waals surface area contributed by atoms with Gasteiger partial charge in [0.05, 0.1) is 0 Å². The first-order chi connectivity index (χ1) is 6.50. The predicted octanol–water partition coefficient (Wildman–Crippen LogP) is -0.938. The van der Waals surface area contributed by atoms with E-state index in [1.54, 1.807) is 0 Å². The van der Waals surface area contributed by atoms with E-state index in [0.717, 1.165) is 0 Å². The zero-order valence-corrected chi connectivity index (χ0v) is 7.10. The minimum absolute atomic E-state index is 0.0234. The highest BCUT2D eigenvalue weighted by Crippen LogP contribution is 2.00. The number of imidazole rings is 1. The zero-order chi connectivity index (χ0) is 10.7. The van der Waals surface area contributed by atoms with E-state index in [0.29, 0.717) is 5.69 Å². The summed E-state index contributed by atoms with van der Waals surface area (Å²) in [5, 5.41) is 17.0. The Morgan fingerprint density at radius 3 is 2.64 bits per heavy atom. The summed E-state index contributed by atoms with van der Waals surface area (Å²) in [7, 11) is 0. The van der Waals surface area contributed by atoms with Crippen LogP contribution >= 0.6 is 0 Å². The first-order valence-corrected chi connectivity index (χ1v) is 3.76. The summed E-state index contributed by atoms with van der Waals surface area (Å²) < 4.78 is 0. The normalized spacial score (nSPS) is 12.4. The number of carboxylic acids is 2. The number of aromatic nitrogens is 2. The van der Waals surface area contributed by atoms with Gasteiger partial charge in [0.15, 0.2) is 0 Å². The molecule has 0 bridgehead atoms. The third kappa shape index (κ3) is 2.30. The van der Waals surface area contributed by atoms with Gasteiger partial charge in [0.1, 0.15) is 6.04 Å². The number of carbonyl (C=O) groups is 2. The molecule has 1 rings (SSSR count). The molecule has 0 saturated carbocycles. The topological polar surface area (TPSA) is 129 Å². The highest BCUT2D eigenvalue weighted by Gasteiger charge is 2.15. The van der Waals surface area contributed by atoms with E-state index < -0.39 is 18.0 Å². The summed E-state index contributed by atoms with van der Waals surface area (Å²) in [6.45, 7) is 0. The van der Waals surface area contributed by atoms with Crippen LogP contribution in [0.15, 0.2) is 6.20 Å². The first-order valence-electron chi connectivity index (χ1n) is 3.76. The Hall–Kier alpha value is -1.89. The van der Waals surface area contributed by atoms with Gasteiger partial charge in [-0.25, -0.2) is 9.78 Å². The van der Waals surface area contributed by atoms with Gasteiger partial charge in [0.2, 0.25) is 5.82 Å². The molecule has 0 fully saturated rings. The molecule has 0 aliphatic rings. The maximum atomic E-state index is 10.4. The number of aromatic amines is 1. The lowest BCUT2D eigenvalue weighted by Crippen LogP contribution is -2.32. The summed E-state index contributed by atoms with van der Waals surface area (Å²) >= 11 is 0. The molecule has 0 saturated heterocycles. The number of nitrogens with zero attached hydrogens (tertiary/aromatic N) is 1. The van der Waals surface area contributed by atoms with Crippen LogP contribution in [0.1, 0.15) is 16.3 Å². The van der Waals surface area contributed by atoms with Crippen LogP contribution in [0, 0.1) is 0 Å². The van der Waals surface area contributed by atoms with Gasteiger partial charge in [-0.1, -0.05) is 0 Å². The summed E-state index contributed by atoms with van der Waals surface area (Å²) in [6.07, 6.45) is 1.28. The Bertz CT molecular complexity index is 360. The monoisotopic (exact) mass is 199 g/mol. The summed E-state index contributed by atoms with van der Waals surface area (Å²) in [6, 6.07) is -1.06. The molecule has 0 amide bonds. The van der Waals surface area contributed by atoms with E-state index >= 15 is 0 Å². The molecule has 5 N–H and O–H groups in total. The summed E-state index contributed by atoms with van der Waals surface area (Å²) in [4.78, 5) is 26.7.